The van der Waals surface area contributed by atoms with E-state index in [0.717, 1.165) is 36.7 Å². The van der Waals surface area contributed by atoms with Crippen LogP contribution in [-0.2, 0) is 22.6 Å². The van der Waals surface area contributed by atoms with Crippen molar-refractivity contribution in [3.05, 3.63) is 93.4 Å². The zero-order valence-electron chi connectivity index (χ0n) is 21.3. The number of hydrazine groups is 1. The molecule has 0 unspecified atom stereocenters. The summed E-state index contributed by atoms with van der Waals surface area (Å²) in [5, 5.41) is 7.48. The molecule has 10 nitrogen and oxygen atoms in total. The Labute approximate surface area is 223 Å². The van der Waals surface area contributed by atoms with Gasteiger partial charge in [-0.3, -0.25) is 14.6 Å². The van der Waals surface area contributed by atoms with Crippen LogP contribution in [0.4, 0.5) is 13.6 Å². The Bertz CT molecular complexity index is 1340. The molecular formula is C27H28F2N4O6. The van der Waals surface area contributed by atoms with Crippen LogP contribution in [0.15, 0.2) is 59.5 Å². The maximum Gasteiger partial charge on any atom is 0.511 e. The molecule has 2 aliphatic heterocycles. The van der Waals surface area contributed by atoms with Gasteiger partial charge in [-0.1, -0.05) is 24.3 Å². The molecule has 2 aromatic carbocycles. The standard InChI is InChI=1S/C14H18N4O6.C13H10F2/c1-2-22-14(21)24-9-23-12-10(19)7-15-17-8-16-5-3-4-6-18(16)13(20)11(12)17;14-12-5-1-3-10(8-12)7-11-4-2-6-13(15)9-11/h7H,2-6,8-9H2,1H3;1-6,8-9H,7H2. The number of benzene rings is 2. The van der Waals surface area contributed by atoms with Gasteiger partial charge in [0.05, 0.1) is 12.8 Å². The molecule has 0 atom stereocenters. The van der Waals surface area contributed by atoms with Gasteiger partial charge >= 0.3 is 6.16 Å². The van der Waals surface area contributed by atoms with E-state index in [2.05, 4.69) is 14.6 Å². The summed E-state index contributed by atoms with van der Waals surface area (Å²) in [7, 11) is 0. The first-order valence-electron chi connectivity index (χ1n) is 12.4. The average molecular weight is 543 g/mol. The summed E-state index contributed by atoms with van der Waals surface area (Å²) in [6, 6.07) is 12.7. The lowest BCUT2D eigenvalue weighted by Gasteiger charge is -2.42. The molecule has 1 amide bonds. The topological polar surface area (TPSA) is 103 Å². The zero-order chi connectivity index (χ0) is 27.8. The van der Waals surface area contributed by atoms with E-state index in [1.807, 2.05) is 17.1 Å². The number of hydrogen-bond acceptors (Lipinski definition) is 8. The quantitative estimate of drug-likeness (QED) is 0.343. The van der Waals surface area contributed by atoms with Crippen molar-refractivity contribution < 1.29 is 32.6 Å². The van der Waals surface area contributed by atoms with E-state index < -0.39 is 18.4 Å². The van der Waals surface area contributed by atoms with E-state index >= 15 is 0 Å². The predicted octanol–water partition coefficient (Wildman–Crippen LogP) is 3.73. The minimum Gasteiger partial charge on any atom is -0.451 e. The fourth-order valence-corrected chi connectivity index (χ4v) is 4.22. The summed E-state index contributed by atoms with van der Waals surface area (Å²) < 4.78 is 41.7. The van der Waals surface area contributed by atoms with E-state index in [1.165, 1.54) is 28.9 Å². The molecule has 1 aromatic heterocycles. The fraction of sp³-hybridized carbons (Fsp3) is 0.333. The molecule has 3 heterocycles. The highest BCUT2D eigenvalue weighted by atomic mass is 19.1. The lowest BCUT2D eigenvalue weighted by molar-refractivity contribution is -0.0665. The molecule has 0 aliphatic carbocycles. The summed E-state index contributed by atoms with van der Waals surface area (Å²) in [5.41, 5.74) is 1.21. The minimum atomic E-state index is -0.908. The summed E-state index contributed by atoms with van der Waals surface area (Å²) >= 11 is 0. The highest BCUT2D eigenvalue weighted by Crippen LogP contribution is 2.24. The molecule has 12 heteroatoms. The van der Waals surface area contributed by atoms with E-state index in [1.54, 1.807) is 24.1 Å². The largest absolute Gasteiger partial charge is 0.511 e. The first kappa shape index (κ1) is 27.7. The van der Waals surface area contributed by atoms with Gasteiger partial charge in [0.2, 0.25) is 18.0 Å². The second kappa shape index (κ2) is 13.0. The van der Waals surface area contributed by atoms with E-state index in [0.29, 0.717) is 19.6 Å². The van der Waals surface area contributed by atoms with Gasteiger partial charge in [-0.2, -0.15) is 10.1 Å². The Morgan fingerprint density at radius 2 is 1.64 bits per heavy atom. The first-order chi connectivity index (χ1) is 18.9. The van der Waals surface area contributed by atoms with Crippen molar-refractivity contribution in [3.63, 3.8) is 0 Å². The number of ether oxygens (including phenoxy) is 3. The maximum atomic E-state index is 12.9. The van der Waals surface area contributed by atoms with Gasteiger partial charge in [0, 0.05) is 13.1 Å². The van der Waals surface area contributed by atoms with Crippen LogP contribution >= 0.6 is 0 Å². The molecule has 206 valence electrons. The SMILES string of the molecule is CCOC(=O)OCOc1c2n(ncc1=O)CN1CCCCN1C2=O.Fc1cccc(Cc2cccc(F)c2)c1. The third-order valence-corrected chi connectivity index (χ3v) is 5.95. The van der Waals surface area contributed by atoms with Crippen molar-refractivity contribution in [2.75, 3.05) is 26.5 Å². The number of halogens is 2. The van der Waals surface area contributed by atoms with E-state index in [4.69, 9.17) is 4.74 Å². The molecule has 0 bridgehead atoms. The number of amides is 1. The van der Waals surface area contributed by atoms with Crippen molar-refractivity contribution in [3.8, 4) is 5.75 Å². The molecule has 1 fully saturated rings. The van der Waals surface area contributed by atoms with Crippen molar-refractivity contribution in [1.29, 1.82) is 0 Å². The summed E-state index contributed by atoms with van der Waals surface area (Å²) in [6.45, 7) is 2.96. The van der Waals surface area contributed by atoms with Crippen molar-refractivity contribution in [2.45, 2.75) is 32.9 Å². The average Bonchev–Trinajstić information content (AvgIpc) is 2.91. The monoisotopic (exact) mass is 542 g/mol. The molecule has 0 radical (unpaired) electrons. The third kappa shape index (κ3) is 7.17. The van der Waals surface area contributed by atoms with E-state index in [-0.39, 0.29) is 35.6 Å². The predicted molar refractivity (Wildman–Crippen MR) is 135 cm³/mol. The minimum absolute atomic E-state index is 0.0631. The number of carbonyl (C=O) groups excluding carboxylic acids is 2. The Balaban J connectivity index is 0.000000202. The van der Waals surface area contributed by atoms with Crippen molar-refractivity contribution in [1.82, 2.24) is 19.8 Å². The van der Waals surface area contributed by atoms with Crippen LogP contribution in [-0.4, -0.2) is 58.4 Å². The van der Waals surface area contributed by atoms with Crippen LogP contribution < -0.4 is 10.2 Å². The van der Waals surface area contributed by atoms with E-state index in [9.17, 15) is 23.2 Å². The zero-order valence-corrected chi connectivity index (χ0v) is 21.3. The van der Waals surface area contributed by atoms with Crippen LogP contribution in [0.1, 0.15) is 41.4 Å². The van der Waals surface area contributed by atoms with Gasteiger partial charge in [0.1, 0.15) is 18.3 Å². The van der Waals surface area contributed by atoms with Crippen LogP contribution in [0.2, 0.25) is 0 Å². The van der Waals surface area contributed by atoms with Gasteiger partial charge in [-0.15, -0.1) is 0 Å². The fourth-order valence-electron chi connectivity index (χ4n) is 4.22. The second-order valence-corrected chi connectivity index (χ2v) is 8.72. The van der Waals surface area contributed by atoms with Gasteiger partial charge in [0.25, 0.3) is 5.91 Å². The number of fused-ring (bicyclic) bond motifs is 2. The Morgan fingerprint density at radius 1 is 0.974 bits per heavy atom. The highest BCUT2D eigenvalue weighted by molar-refractivity contribution is 5.95. The van der Waals surface area contributed by atoms with Crippen LogP contribution in [0.5, 0.6) is 5.75 Å². The summed E-state index contributed by atoms with van der Waals surface area (Å²) in [5.74, 6) is -1.05. The molecular weight excluding hydrogens is 514 g/mol. The van der Waals surface area contributed by atoms with Crippen molar-refractivity contribution in [2.24, 2.45) is 0 Å². The summed E-state index contributed by atoms with van der Waals surface area (Å²) in [4.78, 5) is 35.9. The second-order valence-electron chi connectivity index (χ2n) is 8.72. The van der Waals surface area contributed by atoms with Gasteiger partial charge in [0.15, 0.2) is 5.69 Å². The number of rotatable bonds is 6. The summed E-state index contributed by atoms with van der Waals surface area (Å²) in [6.07, 6.45) is 2.62. The number of hydrogen-bond donors (Lipinski definition) is 0. The van der Waals surface area contributed by atoms with Gasteiger partial charge in [-0.05, 0) is 61.6 Å². The Kier molecular flexibility index (Phi) is 9.21. The van der Waals surface area contributed by atoms with Crippen LogP contribution in [0.25, 0.3) is 0 Å². The Morgan fingerprint density at radius 3 is 2.28 bits per heavy atom. The third-order valence-electron chi connectivity index (χ3n) is 5.95. The maximum absolute atomic E-state index is 12.9. The smallest absolute Gasteiger partial charge is 0.451 e. The molecule has 2 aliphatic rings. The van der Waals surface area contributed by atoms with Gasteiger partial charge < -0.3 is 14.2 Å². The molecule has 0 saturated carbocycles. The van der Waals surface area contributed by atoms with Gasteiger partial charge in [-0.25, -0.2) is 18.3 Å². The lowest BCUT2D eigenvalue weighted by Crippen LogP contribution is -2.56. The first-order valence-corrected chi connectivity index (χ1v) is 12.4. The Hall–Kier alpha value is -4.32. The number of nitrogens with zero attached hydrogens (tertiary/aromatic N) is 4. The lowest BCUT2D eigenvalue weighted by atomic mass is 10.1. The molecule has 39 heavy (non-hydrogen) atoms. The van der Waals surface area contributed by atoms with Crippen molar-refractivity contribution >= 4 is 12.1 Å². The molecule has 0 spiro atoms. The van der Waals surface area contributed by atoms with Crippen LogP contribution in [0.3, 0.4) is 0 Å². The molecule has 3 aromatic rings. The molecule has 1 saturated heterocycles. The van der Waals surface area contributed by atoms with Crippen LogP contribution in [0, 0.1) is 11.6 Å². The number of aromatic nitrogens is 2. The number of carbonyl (C=O) groups is 2. The molecule has 0 N–H and O–H groups in total. The molecule has 5 rings (SSSR count). The normalized spacial score (nSPS) is 14.4. The highest BCUT2D eigenvalue weighted by Gasteiger charge is 2.36.